The molecule has 0 spiro atoms. The van der Waals surface area contributed by atoms with Crippen LogP contribution in [0.25, 0.3) is 0 Å². The molecular formula is C16H21ClN4O. The van der Waals surface area contributed by atoms with Gasteiger partial charge >= 0.3 is 0 Å². The number of aromatic nitrogens is 2. The van der Waals surface area contributed by atoms with Crippen molar-refractivity contribution in [1.29, 1.82) is 0 Å². The van der Waals surface area contributed by atoms with Gasteiger partial charge in [0.2, 0.25) is 0 Å². The van der Waals surface area contributed by atoms with Crippen molar-refractivity contribution in [2.75, 3.05) is 26.2 Å². The Labute approximate surface area is 136 Å². The second-order valence-corrected chi connectivity index (χ2v) is 5.31. The first kappa shape index (κ1) is 16.5. The van der Waals surface area contributed by atoms with Crippen molar-refractivity contribution in [2.45, 2.75) is 13.0 Å². The number of nitrogens with zero attached hydrogens (tertiary/aromatic N) is 3. The highest BCUT2D eigenvalue weighted by atomic mass is 35.5. The van der Waals surface area contributed by atoms with Crippen LogP contribution < -0.4 is 5.32 Å². The largest absolute Gasteiger partial charge is 0.337 e. The standard InChI is InChI=1S/C16H20N4O.ClH/c21-16(19-9-4-7-17-8-10-19)15-11-18-20(13-15)12-14-5-2-1-3-6-14;/h1-3,5-6,11,13,17H,4,7-10,12H2;1H. The summed E-state index contributed by atoms with van der Waals surface area (Å²) in [4.78, 5) is 14.4. The van der Waals surface area contributed by atoms with Crippen LogP contribution in [0.4, 0.5) is 0 Å². The Morgan fingerprint density at radius 2 is 2.00 bits per heavy atom. The van der Waals surface area contributed by atoms with Gasteiger partial charge in [-0.05, 0) is 18.5 Å². The first-order valence-electron chi connectivity index (χ1n) is 7.39. The van der Waals surface area contributed by atoms with Crippen LogP contribution in [0.5, 0.6) is 0 Å². The molecule has 1 saturated heterocycles. The first-order valence-corrected chi connectivity index (χ1v) is 7.39. The summed E-state index contributed by atoms with van der Waals surface area (Å²) in [6.07, 6.45) is 4.52. The van der Waals surface area contributed by atoms with E-state index in [-0.39, 0.29) is 18.3 Å². The molecule has 1 fully saturated rings. The number of hydrogen-bond donors (Lipinski definition) is 1. The summed E-state index contributed by atoms with van der Waals surface area (Å²) in [6.45, 7) is 4.12. The summed E-state index contributed by atoms with van der Waals surface area (Å²) in [5.41, 5.74) is 1.85. The molecule has 1 aromatic carbocycles. The highest BCUT2D eigenvalue weighted by Gasteiger charge is 2.18. The maximum atomic E-state index is 12.5. The summed E-state index contributed by atoms with van der Waals surface area (Å²) >= 11 is 0. The number of amides is 1. The van der Waals surface area contributed by atoms with Crippen molar-refractivity contribution in [3.05, 3.63) is 53.9 Å². The smallest absolute Gasteiger partial charge is 0.257 e. The molecule has 1 aliphatic heterocycles. The Hall–Kier alpha value is -1.85. The number of hydrogen-bond acceptors (Lipinski definition) is 3. The molecule has 1 amide bonds. The van der Waals surface area contributed by atoms with Crippen molar-refractivity contribution >= 4 is 18.3 Å². The van der Waals surface area contributed by atoms with Gasteiger partial charge in [0.25, 0.3) is 5.91 Å². The zero-order valence-corrected chi connectivity index (χ0v) is 13.3. The van der Waals surface area contributed by atoms with Gasteiger partial charge in [0, 0.05) is 25.8 Å². The summed E-state index contributed by atoms with van der Waals surface area (Å²) in [5, 5.41) is 7.61. The molecule has 2 heterocycles. The van der Waals surface area contributed by atoms with Crippen LogP contribution in [0.1, 0.15) is 22.3 Å². The summed E-state index contributed by atoms with van der Waals surface area (Å²) in [7, 11) is 0. The van der Waals surface area contributed by atoms with Crippen LogP contribution in [0.2, 0.25) is 0 Å². The van der Waals surface area contributed by atoms with Crippen LogP contribution in [-0.2, 0) is 6.54 Å². The molecule has 0 radical (unpaired) electrons. The Morgan fingerprint density at radius 3 is 2.82 bits per heavy atom. The molecule has 0 bridgehead atoms. The minimum atomic E-state index is 0. The maximum Gasteiger partial charge on any atom is 0.257 e. The van der Waals surface area contributed by atoms with Crippen LogP contribution in [0, 0.1) is 0 Å². The third-order valence-electron chi connectivity index (χ3n) is 3.69. The number of carbonyl (C=O) groups excluding carboxylic acids is 1. The van der Waals surface area contributed by atoms with Crippen LogP contribution in [-0.4, -0.2) is 46.8 Å². The van der Waals surface area contributed by atoms with Gasteiger partial charge in [-0.25, -0.2) is 0 Å². The predicted molar refractivity (Wildman–Crippen MR) is 88.4 cm³/mol. The third-order valence-corrected chi connectivity index (χ3v) is 3.69. The van der Waals surface area contributed by atoms with Gasteiger partial charge in [0.05, 0.1) is 18.3 Å². The van der Waals surface area contributed by atoms with E-state index < -0.39 is 0 Å². The molecule has 0 atom stereocenters. The highest BCUT2D eigenvalue weighted by Crippen LogP contribution is 2.08. The summed E-state index contributed by atoms with van der Waals surface area (Å²) in [6, 6.07) is 10.1. The van der Waals surface area contributed by atoms with E-state index in [9.17, 15) is 4.79 Å². The molecule has 1 N–H and O–H groups in total. The number of nitrogens with one attached hydrogen (secondary N) is 1. The fourth-order valence-corrected chi connectivity index (χ4v) is 2.56. The topological polar surface area (TPSA) is 50.2 Å². The number of carbonyl (C=O) groups is 1. The minimum absolute atomic E-state index is 0. The lowest BCUT2D eigenvalue weighted by Crippen LogP contribution is -2.33. The van der Waals surface area contributed by atoms with E-state index in [2.05, 4.69) is 22.5 Å². The van der Waals surface area contributed by atoms with Crippen LogP contribution in [0.15, 0.2) is 42.7 Å². The van der Waals surface area contributed by atoms with Crippen molar-refractivity contribution in [3.8, 4) is 0 Å². The summed E-state index contributed by atoms with van der Waals surface area (Å²) < 4.78 is 1.82. The van der Waals surface area contributed by atoms with E-state index in [1.165, 1.54) is 5.56 Å². The second kappa shape index (κ2) is 7.96. The Balaban J connectivity index is 0.00000176. The first-order chi connectivity index (χ1) is 10.3. The minimum Gasteiger partial charge on any atom is -0.337 e. The maximum absolute atomic E-state index is 12.5. The lowest BCUT2D eigenvalue weighted by molar-refractivity contribution is 0.0766. The van der Waals surface area contributed by atoms with Gasteiger partial charge in [-0.15, -0.1) is 12.4 Å². The lowest BCUT2D eigenvalue weighted by atomic mass is 10.2. The van der Waals surface area contributed by atoms with E-state index in [1.807, 2.05) is 34.0 Å². The van der Waals surface area contributed by atoms with Crippen molar-refractivity contribution in [1.82, 2.24) is 20.0 Å². The quantitative estimate of drug-likeness (QED) is 0.938. The summed E-state index contributed by atoms with van der Waals surface area (Å²) in [5.74, 6) is 0.0815. The van der Waals surface area contributed by atoms with Crippen molar-refractivity contribution in [2.24, 2.45) is 0 Å². The van der Waals surface area contributed by atoms with Crippen LogP contribution >= 0.6 is 12.4 Å². The van der Waals surface area contributed by atoms with Gasteiger partial charge in [0.15, 0.2) is 0 Å². The van der Waals surface area contributed by atoms with Crippen LogP contribution in [0.3, 0.4) is 0 Å². The SMILES string of the molecule is Cl.O=C(c1cnn(Cc2ccccc2)c1)N1CCCNCC1. The molecule has 6 heteroatoms. The Kier molecular flexibility index (Phi) is 5.98. The molecule has 22 heavy (non-hydrogen) atoms. The molecule has 1 aromatic heterocycles. The van der Waals surface area contributed by atoms with Crippen molar-refractivity contribution in [3.63, 3.8) is 0 Å². The van der Waals surface area contributed by atoms with Gasteiger partial charge in [-0.3, -0.25) is 9.48 Å². The Morgan fingerprint density at radius 1 is 1.18 bits per heavy atom. The third kappa shape index (κ3) is 4.08. The van der Waals surface area contributed by atoms with Gasteiger partial charge in [0.1, 0.15) is 0 Å². The molecule has 2 aromatic rings. The van der Waals surface area contributed by atoms with Gasteiger partial charge in [-0.1, -0.05) is 30.3 Å². The van der Waals surface area contributed by atoms with E-state index in [0.717, 1.165) is 32.6 Å². The zero-order chi connectivity index (χ0) is 14.5. The average Bonchev–Trinajstić information content (AvgIpc) is 2.81. The Bertz CT molecular complexity index is 591. The van der Waals surface area contributed by atoms with Gasteiger partial charge < -0.3 is 10.2 Å². The van der Waals surface area contributed by atoms with E-state index in [1.54, 1.807) is 6.20 Å². The number of halogens is 1. The average molecular weight is 321 g/mol. The molecule has 1 aliphatic rings. The lowest BCUT2D eigenvalue weighted by Gasteiger charge is -2.18. The van der Waals surface area contributed by atoms with E-state index in [4.69, 9.17) is 0 Å². The number of benzene rings is 1. The molecule has 5 nitrogen and oxygen atoms in total. The van der Waals surface area contributed by atoms with E-state index in [0.29, 0.717) is 12.1 Å². The fourth-order valence-electron chi connectivity index (χ4n) is 2.56. The molecular weight excluding hydrogens is 300 g/mol. The van der Waals surface area contributed by atoms with Gasteiger partial charge in [-0.2, -0.15) is 5.10 Å². The zero-order valence-electron chi connectivity index (χ0n) is 12.4. The fraction of sp³-hybridized carbons (Fsp3) is 0.375. The highest BCUT2D eigenvalue weighted by molar-refractivity contribution is 5.93. The van der Waals surface area contributed by atoms with Crippen molar-refractivity contribution < 1.29 is 4.79 Å². The molecule has 118 valence electrons. The predicted octanol–water partition coefficient (Wildman–Crippen LogP) is 1.79. The number of rotatable bonds is 3. The molecule has 0 aliphatic carbocycles. The monoisotopic (exact) mass is 320 g/mol. The molecule has 0 unspecified atom stereocenters. The molecule has 3 rings (SSSR count). The van der Waals surface area contributed by atoms with E-state index >= 15 is 0 Å². The second-order valence-electron chi connectivity index (χ2n) is 5.31. The normalized spacial score (nSPS) is 15.0. The molecule has 0 saturated carbocycles.